The van der Waals surface area contributed by atoms with E-state index in [-0.39, 0.29) is 6.61 Å². The van der Waals surface area contributed by atoms with E-state index in [0.29, 0.717) is 11.5 Å². The number of carbonyl (C=O) groups excluding carboxylic acids is 2. The lowest BCUT2D eigenvalue weighted by molar-refractivity contribution is -0.133. The highest BCUT2D eigenvalue weighted by molar-refractivity contribution is 5.86. The molecule has 144 valence electrons. The molecule has 3 aromatic carbocycles. The van der Waals surface area contributed by atoms with Gasteiger partial charge in [-0.15, -0.1) is 0 Å². The van der Waals surface area contributed by atoms with Crippen LogP contribution in [0.5, 0.6) is 11.5 Å². The van der Waals surface area contributed by atoms with Gasteiger partial charge in [0.15, 0.2) is 12.7 Å². The summed E-state index contributed by atoms with van der Waals surface area (Å²) in [4.78, 5) is 24.0. The molecule has 0 radical (unpaired) electrons. The summed E-state index contributed by atoms with van der Waals surface area (Å²) < 4.78 is 11.1. The number of benzene rings is 3. The summed E-state index contributed by atoms with van der Waals surface area (Å²) >= 11 is 0. The molecule has 0 fully saturated rings. The Bertz CT molecular complexity index is 987. The van der Waals surface area contributed by atoms with Crippen molar-refractivity contribution >= 4 is 22.6 Å². The van der Waals surface area contributed by atoms with Gasteiger partial charge in [0.05, 0.1) is 0 Å². The van der Waals surface area contributed by atoms with E-state index in [1.807, 2.05) is 61.5 Å². The Morgan fingerprint density at radius 3 is 2.43 bits per heavy atom. The maximum Gasteiger partial charge on any atom is 0.279 e. The lowest BCUT2D eigenvalue weighted by atomic mass is 10.1. The first-order valence-electron chi connectivity index (χ1n) is 8.95. The summed E-state index contributed by atoms with van der Waals surface area (Å²) in [6.07, 6.45) is -0.779. The highest BCUT2D eigenvalue weighted by Gasteiger charge is 2.16. The first-order chi connectivity index (χ1) is 13.5. The molecule has 0 spiro atoms. The molecule has 0 aliphatic rings. The zero-order valence-corrected chi connectivity index (χ0v) is 15.8. The molecule has 6 heteroatoms. The van der Waals surface area contributed by atoms with Crippen molar-refractivity contribution in [1.29, 1.82) is 0 Å². The van der Waals surface area contributed by atoms with Crippen LogP contribution in [0.3, 0.4) is 0 Å². The molecule has 0 aliphatic heterocycles. The maximum absolute atomic E-state index is 12.2. The van der Waals surface area contributed by atoms with Crippen molar-refractivity contribution < 1.29 is 19.1 Å². The Balaban J connectivity index is 1.46. The number of para-hydroxylation sites is 1. The van der Waals surface area contributed by atoms with Gasteiger partial charge in [0.25, 0.3) is 11.8 Å². The Kier molecular flexibility index (Phi) is 6.11. The molecule has 3 rings (SSSR count). The Morgan fingerprint density at radius 1 is 0.929 bits per heavy atom. The number of amides is 2. The van der Waals surface area contributed by atoms with Crippen molar-refractivity contribution in [3.63, 3.8) is 0 Å². The molecule has 3 aromatic rings. The van der Waals surface area contributed by atoms with Gasteiger partial charge in [-0.1, -0.05) is 48.5 Å². The molecular formula is C22H22N2O4. The number of hydrazine groups is 1. The second-order valence-corrected chi connectivity index (χ2v) is 6.36. The number of nitrogens with one attached hydrogen (secondary N) is 2. The summed E-state index contributed by atoms with van der Waals surface area (Å²) in [5.74, 6) is 0.277. The number of hydrogen-bond donors (Lipinski definition) is 2. The minimum Gasteiger partial charge on any atom is -0.483 e. The van der Waals surface area contributed by atoms with Crippen LogP contribution in [0.2, 0.25) is 0 Å². The van der Waals surface area contributed by atoms with E-state index in [4.69, 9.17) is 9.47 Å². The molecule has 2 N–H and O–H groups in total. The molecule has 0 aliphatic carbocycles. The minimum absolute atomic E-state index is 0.203. The third-order valence-corrected chi connectivity index (χ3v) is 4.18. The van der Waals surface area contributed by atoms with Crippen LogP contribution < -0.4 is 20.3 Å². The van der Waals surface area contributed by atoms with Crippen LogP contribution in [-0.2, 0) is 9.59 Å². The largest absolute Gasteiger partial charge is 0.483 e. The maximum atomic E-state index is 12.2. The van der Waals surface area contributed by atoms with Crippen molar-refractivity contribution in [3.8, 4) is 11.5 Å². The summed E-state index contributed by atoms with van der Waals surface area (Å²) in [6, 6.07) is 20.9. The normalized spacial score (nSPS) is 11.5. The summed E-state index contributed by atoms with van der Waals surface area (Å²) in [7, 11) is 0. The van der Waals surface area contributed by atoms with Gasteiger partial charge in [-0.05, 0) is 48.4 Å². The molecule has 0 heterocycles. The lowest BCUT2D eigenvalue weighted by Crippen LogP contribution is -2.48. The standard InChI is InChI=1S/C22H22N2O4/c1-15-7-3-6-10-20(15)27-14-21(25)23-24-22(26)16(2)28-19-12-11-17-8-4-5-9-18(17)13-19/h3-13,16H,14H2,1-2H3,(H,23,25)(H,24,26). The third kappa shape index (κ3) is 5.01. The van der Waals surface area contributed by atoms with Crippen LogP contribution in [-0.4, -0.2) is 24.5 Å². The molecule has 0 saturated heterocycles. The summed E-state index contributed by atoms with van der Waals surface area (Å²) in [6.45, 7) is 3.30. The highest BCUT2D eigenvalue weighted by atomic mass is 16.5. The van der Waals surface area contributed by atoms with E-state index in [0.717, 1.165) is 16.3 Å². The van der Waals surface area contributed by atoms with Crippen molar-refractivity contribution in [2.24, 2.45) is 0 Å². The smallest absolute Gasteiger partial charge is 0.279 e. The number of hydrogen-bond acceptors (Lipinski definition) is 4. The monoisotopic (exact) mass is 378 g/mol. The zero-order valence-electron chi connectivity index (χ0n) is 15.8. The number of rotatable bonds is 6. The van der Waals surface area contributed by atoms with Gasteiger partial charge in [0, 0.05) is 0 Å². The van der Waals surface area contributed by atoms with Gasteiger partial charge in [0.1, 0.15) is 11.5 Å². The SMILES string of the molecule is Cc1ccccc1OCC(=O)NNC(=O)C(C)Oc1ccc2ccccc2c1. The van der Waals surface area contributed by atoms with Crippen LogP contribution in [0.15, 0.2) is 66.7 Å². The fourth-order valence-electron chi connectivity index (χ4n) is 2.63. The number of ether oxygens (including phenoxy) is 2. The molecule has 0 bridgehead atoms. The topological polar surface area (TPSA) is 76.7 Å². The van der Waals surface area contributed by atoms with E-state index in [9.17, 15) is 9.59 Å². The second kappa shape index (κ2) is 8.90. The fourth-order valence-corrected chi connectivity index (χ4v) is 2.63. The van der Waals surface area contributed by atoms with Crippen molar-refractivity contribution in [1.82, 2.24) is 10.9 Å². The van der Waals surface area contributed by atoms with Crippen LogP contribution >= 0.6 is 0 Å². The van der Waals surface area contributed by atoms with Gasteiger partial charge in [-0.2, -0.15) is 0 Å². The molecule has 0 saturated carbocycles. The van der Waals surface area contributed by atoms with Gasteiger partial charge >= 0.3 is 0 Å². The van der Waals surface area contributed by atoms with Crippen molar-refractivity contribution in [2.75, 3.05) is 6.61 Å². The molecule has 2 amide bonds. The quantitative estimate of drug-likeness (QED) is 0.646. The first kappa shape index (κ1) is 19.2. The summed E-state index contributed by atoms with van der Waals surface area (Å²) in [5.41, 5.74) is 5.60. The Labute approximate surface area is 163 Å². The fraction of sp³-hybridized carbons (Fsp3) is 0.182. The lowest BCUT2D eigenvalue weighted by Gasteiger charge is -2.16. The van der Waals surface area contributed by atoms with Gasteiger partial charge < -0.3 is 9.47 Å². The average Bonchev–Trinajstić information content (AvgIpc) is 2.71. The van der Waals surface area contributed by atoms with E-state index in [2.05, 4.69) is 10.9 Å². The second-order valence-electron chi connectivity index (χ2n) is 6.36. The predicted octanol–water partition coefficient (Wildman–Crippen LogP) is 3.14. The average molecular weight is 378 g/mol. The molecule has 1 atom stereocenters. The van der Waals surface area contributed by atoms with Crippen LogP contribution in [0, 0.1) is 6.92 Å². The zero-order chi connectivity index (χ0) is 19.9. The molecule has 6 nitrogen and oxygen atoms in total. The van der Waals surface area contributed by atoms with Gasteiger partial charge in [0.2, 0.25) is 0 Å². The molecule has 28 heavy (non-hydrogen) atoms. The number of aryl methyl sites for hydroxylation is 1. The molecule has 0 aromatic heterocycles. The third-order valence-electron chi connectivity index (χ3n) is 4.18. The van der Waals surface area contributed by atoms with Crippen LogP contribution in [0.1, 0.15) is 12.5 Å². The minimum atomic E-state index is -0.779. The van der Waals surface area contributed by atoms with Crippen LogP contribution in [0.25, 0.3) is 10.8 Å². The van der Waals surface area contributed by atoms with E-state index >= 15 is 0 Å². The van der Waals surface area contributed by atoms with Gasteiger partial charge in [-0.3, -0.25) is 20.4 Å². The predicted molar refractivity (Wildman–Crippen MR) is 107 cm³/mol. The van der Waals surface area contributed by atoms with Crippen molar-refractivity contribution in [3.05, 3.63) is 72.3 Å². The first-order valence-corrected chi connectivity index (χ1v) is 8.95. The van der Waals surface area contributed by atoms with Gasteiger partial charge in [-0.25, -0.2) is 0 Å². The Hall–Kier alpha value is -3.54. The molecule has 1 unspecified atom stereocenters. The highest BCUT2D eigenvalue weighted by Crippen LogP contribution is 2.21. The van der Waals surface area contributed by atoms with E-state index in [1.165, 1.54) is 0 Å². The summed E-state index contributed by atoms with van der Waals surface area (Å²) in [5, 5.41) is 2.11. The number of carbonyl (C=O) groups is 2. The Morgan fingerprint density at radius 2 is 1.64 bits per heavy atom. The molecular weight excluding hydrogens is 356 g/mol. The van der Waals surface area contributed by atoms with E-state index in [1.54, 1.807) is 19.1 Å². The van der Waals surface area contributed by atoms with Crippen LogP contribution in [0.4, 0.5) is 0 Å². The number of fused-ring (bicyclic) bond motifs is 1. The van der Waals surface area contributed by atoms with E-state index < -0.39 is 17.9 Å². The van der Waals surface area contributed by atoms with Crippen molar-refractivity contribution in [2.45, 2.75) is 20.0 Å².